The summed E-state index contributed by atoms with van der Waals surface area (Å²) in [6, 6.07) is 0.218. The quantitative estimate of drug-likeness (QED) is 0.821. The summed E-state index contributed by atoms with van der Waals surface area (Å²) in [7, 11) is 1.69. The molecular weight excluding hydrogens is 258 g/mol. The van der Waals surface area contributed by atoms with E-state index in [1.807, 2.05) is 0 Å². The van der Waals surface area contributed by atoms with Gasteiger partial charge in [0.2, 0.25) is 5.91 Å². The van der Waals surface area contributed by atoms with Crippen LogP contribution in [-0.2, 0) is 19.0 Å². The summed E-state index contributed by atoms with van der Waals surface area (Å²) in [5.41, 5.74) is 0. The fraction of sp³-hybridized carbons (Fsp3) is 0.933. The molecule has 114 valence electrons. The summed E-state index contributed by atoms with van der Waals surface area (Å²) in [5.74, 6) is 1.09. The van der Waals surface area contributed by atoms with Crippen molar-refractivity contribution in [2.45, 2.75) is 50.4 Å². The maximum absolute atomic E-state index is 12.3. The van der Waals surface area contributed by atoms with E-state index in [9.17, 15) is 4.79 Å². The number of rotatable bonds is 5. The number of ether oxygens (including phenoxy) is 3. The van der Waals surface area contributed by atoms with Crippen molar-refractivity contribution >= 4 is 5.91 Å². The van der Waals surface area contributed by atoms with E-state index in [2.05, 4.69) is 5.32 Å². The summed E-state index contributed by atoms with van der Waals surface area (Å²) in [5, 5.41) is 3.18. The van der Waals surface area contributed by atoms with Gasteiger partial charge in [-0.25, -0.2) is 0 Å². The van der Waals surface area contributed by atoms with Gasteiger partial charge in [0.1, 0.15) is 0 Å². The Morgan fingerprint density at radius 3 is 2.85 bits per heavy atom. The number of carbonyl (C=O) groups excluding carboxylic acids is 1. The lowest BCUT2D eigenvalue weighted by molar-refractivity contribution is -0.127. The molecule has 4 unspecified atom stereocenters. The maximum Gasteiger partial charge on any atom is 0.220 e. The van der Waals surface area contributed by atoms with E-state index in [0.29, 0.717) is 18.9 Å². The second-order valence-electron chi connectivity index (χ2n) is 6.24. The lowest BCUT2D eigenvalue weighted by Gasteiger charge is -2.30. The van der Waals surface area contributed by atoms with E-state index in [0.717, 1.165) is 26.1 Å². The van der Waals surface area contributed by atoms with Crippen LogP contribution >= 0.6 is 0 Å². The van der Waals surface area contributed by atoms with Crippen molar-refractivity contribution in [2.24, 2.45) is 11.8 Å². The van der Waals surface area contributed by atoms with Gasteiger partial charge in [-0.05, 0) is 37.5 Å². The van der Waals surface area contributed by atoms with E-state index in [4.69, 9.17) is 14.2 Å². The van der Waals surface area contributed by atoms with Crippen molar-refractivity contribution in [2.75, 3.05) is 26.9 Å². The first-order valence-corrected chi connectivity index (χ1v) is 7.79. The highest BCUT2D eigenvalue weighted by Crippen LogP contribution is 2.38. The molecule has 5 nitrogen and oxygen atoms in total. The van der Waals surface area contributed by atoms with Gasteiger partial charge < -0.3 is 19.5 Å². The highest BCUT2D eigenvalue weighted by Gasteiger charge is 2.41. The molecule has 0 aromatic carbocycles. The molecule has 1 N–H and O–H groups in total. The molecule has 0 radical (unpaired) electrons. The van der Waals surface area contributed by atoms with Crippen LogP contribution in [0.25, 0.3) is 0 Å². The van der Waals surface area contributed by atoms with E-state index < -0.39 is 0 Å². The lowest BCUT2D eigenvalue weighted by atomic mass is 9.93. The van der Waals surface area contributed by atoms with Crippen molar-refractivity contribution in [3.05, 3.63) is 0 Å². The Balaban J connectivity index is 1.48. The molecule has 2 saturated heterocycles. The average molecular weight is 283 g/mol. The first kappa shape index (κ1) is 14.3. The molecular formula is C15H25NO4. The molecule has 1 aliphatic carbocycles. The summed E-state index contributed by atoms with van der Waals surface area (Å²) < 4.78 is 16.6. The van der Waals surface area contributed by atoms with Gasteiger partial charge in [0.05, 0.1) is 24.9 Å². The summed E-state index contributed by atoms with van der Waals surface area (Å²) in [4.78, 5) is 12.3. The van der Waals surface area contributed by atoms with Gasteiger partial charge in [0.25, 0.3) is 0 Å². The Kier molecular flexibility index (Phi) is 4.58. The third-order valence-corrected chi connectivity index (χ3v) is 4.76. The zero-order valence-electron chi connectivity index (χ0n) is 12.2. The van der Waals surface area contributed by atoms with Crippen molar-refractivity contribution < 1.29 is 19.0 Å². The number of carbonyl (C=O) groups is 1. The summed E-state index contributed by atoms with van der Waals surface area (Å²) in [6.07, 6.45) is 5.20. The van der Waals surface area contributed by atoms with Gasteiger partial charge in [-0.2, -0.15) is 0 Å². The Hall–Kier alpha value is -0.650. The van der Waals surface area contributed by atoms with E-state index >= 15 is 0 Å². The predicted molar refractivity (Wildman–Crippen MR) is 73.4 cm³/mol. The zero-order chi connectivity index (χ0) is 13.9. The minimum Gasteiger partial charge on any atom is -0.379 e. The number of hydrogen-bond donors (Lipinski definition) is 1. The standard InChI is InChI=1S/C15H25NO4/c1-18-13-9-19-6-4-11(13)8-14(17)16-12-5-7-20-15(12)10-2-3-10/h10-13,15H,2-9H2,1H3,(H,16,17). The third-order valence-electron chi connectivity index (χ3n) is 4.76. The SMILES string of the molecule is COC1COCCC1CC(=O)NC1CCOC1C1CC1. The normalized spacial score (nSPS) is 37.9. The number of amides is 1. The van der Waals surface area contributed by atoms with Crippen LogP contribution in [0.5, 0.6) is 0 Å². The second kappa shape index (κ2) is 6.41. The van der Waals surface area contributed by atoms with Crippen molar-refractivity contribution in [3.8, 4) is 0 Å². The van der Waals surface area contributed by atoms with Crippen LogP contribution < -0.4 is 5.32 Å². The van der Waals surface area contributed by atoms with Gasteiger partial charge >= 0.3 is 0 Å². The van der Waals surface area contributed by atoms with Gasteiger partial charge in [-0.1, -0.05) is 0 Å². The van der Waals surface area contributed by atoms with Crippen molar-refractivity contribution in [1.82, 2.24) is 5.32 Å². The number of hydrogen-bond acceptors (Lipinski definition) is 4. The highest BCUT2D eigenvalue weighted by atomic mass is 16.5. The van der Waals surface area contributed by atoms with Gasteiger partial charge in [-0.3, -0.25) is 4.79 Å². The molecule has 5 heteroatoms. The van der Waals surface area contributed by atoms with Crippen LogP contribution in [0.2, 0.25) is 0 Å². The molecule has 2 aliphatic heterocycles. The second-order valence-corrected chi connectivity index (χ2v) is 6.24. The zero-order valence-corrected chi connectivity index (χ0v) is 12.2. The first-order valence-electron chi connectivity index (χ1n) is 7.79. The largest absolute Gasteiger partial charge is 0.379 e. The summed E-state index contributed by atoms with van der Waals surface area (Å²) in [6.45, 7) is 2.12. The molecule has 3 fully saturated rings. The van der Waals surface area contributed by atoms with Crippen LogP contribution in [0.4, 0.5) is 0 Å². The molecule has 4 atom stereocenters. The topological polar surface area (TPSA) is 56.8 Å². The molecule has 20 heavy (non-hydrogen) atoms. The number of methoxy groups -OCH3 is 1. The minimum absolute atomic E-state index is 0.0496. The molecule has 3 rings (SSSR count). The van der Waals surface area contributed by atoms with E-state index in [1.54, 1.807) is 7.11 Å². The lowest BCUT2D eigenvalue weighted by Crippen LogP contribution is -2.44. The Labute approximate surface area is 120 Å². The Bertz CT molecular complexity index is 339. The molecule has 1 amide bonds. The minimum atomic E-state index is 0.0496. The number of nitrogens with one attached hydrogen (secondary N) is 1. The van der Waals surface area contributed by atoms with E-state index in [-0.39, 0.29) is 30.1 Å². The Morgan fingerprint density at radius 1 is 1.25 bits per heavy atom. The van der Waals surface area contributed by atoms with Crippen LogP contribution in [0.15, 0.2) is 0 Å². The highest BCUT2D eigenvalue weighted by molar-refractivity contribution is 5.76. The van der Waals surface area contributed by atoms with Crippen LogP contribution in [-0.4, -0.2) is 51.1 Å². The summed E-state index contributed by atoms with van der Waals surface area (Å²) >= 11 is 0. The van der Waals surface area contributed by atoms with Crippen LogP contribution in [0.3, 0.4) is 0 Å². The smallest absolute Gasteiger partial charge is 0.220 e. The average Bonchev–Trinajstić information content (AvgIpc) is 3.20. The van der Waals surface area contributed by atoms with Crippen LogP contribution in [0, 0.1) is 11.8 Å². The maximum atomic E-state index is 12.3. The molecule has 2 heterocycles. The molecule has 0 aromatic heterocycles. The fourth-order valence-corrected chi connectivity index (χ4v) is 3.41. The van der Waals surface area contributed by atoms with Crippen molar-refractivity contribution in [1.29, 1.82) is 0 Å². The molecule has 1 saturated carbocycles. The van der Waals surface area contributed by atoms with Gasteiger partial charge in [0, 0.05) is 26.7 Å². The van der Waals surface area contributed by atoms with E-state index in [1.165, 1.54) is 12.8 Å². The molecule has 0 spiro atoms. The van der Waals surface area contributed by atoms with Gasteiger partial charge in [-0.15, -0.1) is 0 Å². The Morgan fingerprint density at radius 2 is 2.10 bits per heavy atom. The first-order chi connectivity index (χ1) is 9.78. The molecule has 0 aromatic rings. The molecule has 0 bridgehead atoms. The molecule has 3 aliphatic rings. The predicted octanol–water partition coefficient (Wildman–Crippen LogP) is 1.11. The van der Waals surface area contributed by atoms with Crippen molar-refractivity contribution in [3.63, 3.8) is 0 Å². The monoisotopic (exact) mass is 283 g/mol. The third kappa shape index (κ3) is 3.32. The van der Waals surface area contributed by atoms with Gasteiger partial charge in [0.15, 0.2) is 0 Å². The van der Waals surface area contributed by atoms with Crippen LogP contribution in [0.1, 0.15) is 32.1 Å². The fourth-order valence-electron chi connectivity index (χ4n) is 3.41.